The number of carbonyl (C=O) groups excluding carboxylic acids is 1. The maximum atomic E-state index is 15.2. The van der Waals surface area contributed by atoms with Gasteiger partial charge in [0, 0.05) is 5.56 Å². The maximum Gasteiger partial charge on any atom is 0.253 e. The van der Waals surface area contributed by atoms with Crippen LogP contribution in [0.1, 0.15) is 69.8 Å². The topological polar surface area (TPSA) is 58.6 Å². The maximum absolute atomic E-state index is 15.2. The summed E-state index contributed by atoms with van der Waals surface area (Å²) >= 11 is 0. The van der Waals surface area contributed by atoms with E-state index in [2.05, 4.69) is 26.1 Å². The van der Waals surface area contributed by atoms with Crippen LogP contribution in [0.15, 0.2) is 47.1 Å². The van der Waals surface area contributed by atoms with E-state index in [1.807, 2.05) is 12.2 Å². The third kappa shape index (κ3) is 5.57. The second-order valence-electron chi connectivity index (χ2n) is 8.07. The molecule has 0 atom stereocenters. The van der Waals surface area contributed by atoms with E-state index in [1.54, 1.807) is 19.9 Å². The number of hydrogen-bond acceptors (Lipinski definition) is 3. The fourth-order valence-electron chi connectivity index (χ4n) is 3.80. The van der Waals surface area contributed by atoms with Gasteiger partial charge in [-0.1, -0.05) is 31.6 Å². The summed E-state index contributed by atoms with van der Waals surface area (Å²) in [6.07, 6.45) is 7.25. The average Bonchev–Trinajstić information content (AvgIpc) is 2.66. The lowest BCUT2D eigenvalue weighted by atomic mass is 9.72. The number of aliphatic hydroxyl groups is 1. The van der Waals surface area contributed by atoms with Gasteiger partial charge in [-0.25, -0.2) is 4.39 Å². The summed E-state index contributed by atoms with van der Waals surface area (Å²) in [7, 11) is 0. The molecule has 1 aliphatic rings. The smallest absolute Gasteiger partial charge is 0.253 e. The van der Waals surface area contributed by atoms with Crippen LogP contribution in [-0.2, 0) is 0 Å². The molecule has 2 rings (SSSR count). The zero-order valence-corrected chi connectivity index (χ0v) is 18.1. The monoisotopic (exact) mass is 401 g/mol. The molecular formula is C24H32FNO3. The van der Waals surface area contributed by atoms with Crippen LogP contribution in [0.3, 0.4) is 0 Å². The van der Waals surface area contributed by atoms with Gasteiger partial charge in [-0.2, -0.15) is 0 Å². The van der Waals surface area contributed by atoms with E-state index in [0.29, 0.717) is 29.1 Å². The number of rotatable bonds is 7. The zero-order chi connectivity index (χ0) is 21.6. The minimum absolute atomic E-state index is 0.0911. The van der Waals surface area contributed by atoms with E-state index in [1.165, 1.54) is 29.7 Å². The summed E-state index contributed by atoms with van der Waals surface area (Å²) in [5, 5.41) is 11.2. The largest absolute Gasteiger partial charge is 0.493 e. The summed E-state index contributed by atoms with van der Waals surface area (Å²) in [4.78, 5) is 11.9. The van der Waals surface area contributed by atoms with Crippen molar-refractivity contribution in [2.75, 3.05) is 13.3 Å². The molecule has 1 aliphatic carbocycles. The van der Waals surface area contributed by atoms with Gasteiger partial charge in [0.05, 0.1) is 12.2 Å². The van der Waals surface area contributed by atoms with Crippen molar-refractivity contribution in [1.29, 1.82) is 0 Å². The molecule has 1 aromatic carbocycles. The van der Waals surface area contributed by atoms with Gasteiger partial charge in [0.25, 0.3) is 5.91 Å². The number of aliphatic hydroxyl groups excluding tert-OH is 1. The summed E-state index contributed by atoms with van der Waals surface area (Å²) in [6, 6.07) is 4.56. The molecule has 29 heavy (non-hydrogen) atoms. The van der Waals surface area contributed by atoms with Crippen LogP contribution in [0.25, 0.3) is 5.83 Å². The molecule has 0 heterocycles. The molecule has 158 valence electrons. The van der Waals surface area contributed by atoms with Gasteiger partial charge in [0.2, 0.25) is 0 Å². The van der Waals surface area contributed by atoms with Crippen LogP contribution in [0, 0.1) is 5.41 Å². The van der Waals surface area contributed by atoms with E-state index in [-0.39, 0.29) is 11.2 Å². The van der Waals surface area contributed by atoms with E-state index < -0.39 is 12.6 Å². The van der Waals surface area contributed by atoms with Gasteiger partial charge >= 0.3 is 0 Å². The number of hydrogen-bond donors (Lipinski definition) is 2. The van der Waals surface area contributed by atoms with Crippen LogP contribution in [0.2, 0.25) is 0 Å². The Balaban J connectivity index is 2.39. The molecule has 0 spiro atoms. The van der Waals surface area contributed by atoms with E-state index in [9.17, 15) is 4.79 Å². The number of allylic oxidation sites excluding steroid dienone is 5. The Kier molecular flexibility index (Phi) is 7.80. The van der Waals surface area contributed by atoms with Gasteiger partial charge in [-0.05, 0) is 74.8 Å². The highest BCUT2D eigenvalue weighted by Crippen LogP contribution is 2.41. The molecule has 0 radical (unpaired) electrons. The molecular weight excluding hydrogens is 369 g/mol. The molecule has 1 aromatic rings. The molecule has 5 heteroatoms. The van der Waals surface area contributed by atoms with Crippen LogP contribution >= 0.6 is 0 Å². The molecule has 0 aromatic heterocycles. The lowest BCUT2D eigenvalue weighted by Crippen LogP contribution is -2.24. The van der Waals surface area contributed by atoms with Crippen LogP contribution in [0.4, 0.5) is 4.39 Å². The lowest BCUT2D eigenvalue weighted by Gasteiger charge is -2.33. The Hall–Kier alpha value is -2.40. The molecule has 2 N–H and O–H groups in total. The first-order valence-corrected chi connectivity index (χ1v) is 10.1. The first-order chi connectivity index (χ1) is 13.7. The number of ether oxygens (including phenoxy) is 1. The second kappa shape index (κ2) is 9.88. The van der Waals surface area contributed by atoms with E-state index >= 15 is 4.39 Å². The molecule has 0 saturated heterocycles. The SMILES string of the molecule is CCOc1cc(C(=O)NCO)ccc1/C(F)=C(C)/C=C/C1=C(C)CCCC1(C)C. The predicted molar refractivity (Wildman–Crippen MR) is 115 cm³/mol. The van der Waals surface area contributed by atoms with Crippen LogP contribution in [-0.4, -0.2) is 24.4 Å². The van der Waals surface area contributed by atoms with Crippen molar-refractivity contribution >= 4 is 11.7 Å². The third-order valence-corrected chi connectivity index (χ3v) is 5.41. The summed E-state index contributed by atoms with van der Waals surface area (Å²) in [5.74, 6) is -0.523. The van der Waals surface area contributed by atoms with Crippen molar-refractivity contribution in [2.45, 2.75) is 53.9 Å². The van der Waals surface area contributed by atoms with Gasteiger partial charge in [0.1, 0.15) is 18.3 Å². The normalized spacial score (nSPS) is 17.3. The molecule has 0 unspecified atom stereocenters. The van der Waals surface area contributed by atoms with Gasteiger partial charge in [-0.15, -0.1) is 0 Å². The third-order valence-electron chi connectivity index (χ3n) is 5.41. The zero-order valence-electron chi connectivity index (χ0n) is 18.1. The minimum Gasteiger partial charge on any atom is -0.493 e. The number of halogens is 1. The summed E-state index contributed by atoms with van der Waals surface area (Å²) in [5.41, 5.74) is 3.84. The van der Waals surface area contributed by atoms with Gasteiger partial charge in [0.15, 0.2) is 0 Å². The van der Waals surface area contributed by atoms with E-state index in [0.717, 1.165) is 12.8 Å². The Morgan fingerprint density at radius 1 is 1.38 bits per heavy atom. The highest BCUT2D eigenvalue weighted by molar-refractivity contribution is 5.95. The number of amides is 1. The highest BCUT2D eigenvalue weighted by Gasteiger charge is 2.26. The van der Waals surface area contributed by atoms with Crippen molar-refractivity contribution in [3.63, 3.8) is 0 Å². The Bertz CT molecular complexity index is 850. The summed E-state index contributed by atoms with van der Waals surface area (Å²) < 4.78 is 20.8. The van der Waals surface area contributed by atoms with Crippen molar-refractivity contribution in [2.24, 2.45) is 5.41 Å². The number of nitrogens with one attached hydrogen (secondary N) is 1. The average molecular weight is 402 g/mol. The first kappa shape index (κ1) is 22.9. The van der Waals surface area contributed by atoms with Crippen molar-refractivity contribution in [3.05, 3.63) is 58.2 Å². The molecule has 4 nitrogen and oxygen atoms in total. The van der Waals surface area contributed by atoms with Gasteiger partial charge < -0.3 is 15.2 Å². The van der Waals surface area contributed by atoms with Gasteiger partial charge in [-0.3, -0.25) is 4.79 Å². The molecule has 0 fully saturated rings. The molecule has 0 aliphatic heterocycles. The Labute approximate surface area is 173 Å². The molecule has 1 amide bonds. The summed E-state index contributed by atoms with van der Waals surface area (Å²) in [6.45, 7) is 10.0. The Morgan fingerprint density at radius 3 is 2.72 bits per heavy atom. The highest BCUT2D eigenvalue weighted by atomic mass is 19.1. The fraction of sp³-hybridized carbons (Fsp3) is 0.458. The number of benzene rings is 1. The Morgan fingerprint density at radius 2 is 2.10 bits per heavy atom. The number of carbonyl (C=O) groups is 1. The lowest BCUT2D eigenvalue weighted by molar-refractivity contribution is 0.0909. The molecule has 0 saturated carbocycles. The van der Waals surface area contributed by atoms with Crippen LogP contribution in [0.5, 0.6) is 5.75 Å². The fourth-order valence-corrected chi connectivity index (χ4v) is 3.80. The van der Waals surface area contributed by atoms with Crippen molar-refractivity contribution < 1.29 is 19.0 Å². The van der Waals surface area contributed by atoms with Crippen molar-refractivity contribution in [3.8, 4) is 5.75 Å². The second-order valence-corrected chi connectivity index (χ2v) is 8.07. The first-order valence-electron chi connectivity index (χ1n) is 10.1. The minimum atomic E-state index is -0.464. The van der Waals surface area contributed by atoms with Crippen molar-refractivity contribution in [1.82, 2.24) is 5.32 Å². The van der Waals surface area contributed by atoms with E-state index in [4.69, 9.17) is 9.84 Å². The predicted octanol–water partition coefficient (Wildman–Crippen LogP) is 5.55. The molecule has 0 bridgehead atoms. The van der Waals surface area contributed by atoms with Crippen LogP contribution < -0.4 is 10.1 Å². The quantitative estimate of drug-likeness (QED) is 0.465. The standard InChI is InChI=1S/C24H32FNO3/c1-6-29-21-14-18(23(28)26-15-27)10-11-19(21)22(25)17(3)9-12-20-16(2)8-7-13-24(20,4)5/h9-12,14,27H,6-8,13,15H2,1-5H3,(H,26,28)/b12-9+,22-17-.